The largest absolute Gasteiger partial charge is 0.493 e. The molecule has 0 N–H and O–H groups in total. The summed E-state index contributed by atoms with van der Waals surface area (Å²) in [6, 6.07) is 19.1. The first-order valence-electron chi connectivity index (χ1n) is 8.42. The molecule has 134 valence electrons. The average Bonchev–Trinajstić information content (AvgIpc) is 3.07. The van der Waals surface area contributed by atoms with Crippen LogP contribution in [0.15, 0.2) is 71.4 Å². The van der Waals surface area contributed by atoms with Gasteiger partial charge in [0.05, 0.1) is 14.2 Å². The number of cyclic esters (lactones) is 1. The molecule has 3 aromatic rings. The fraction of sp³-hybridized carbons (Fsp3) is 0.0909. The van der Waals surface area contributed by atoms with Gasteiger partial charge >= 0.3 is 5.97 Å². The van der Waals surface area contributed by atoms with Gasteiger partial charge in [0.15, 0.2) is 17.2 Å². The van der Waals surface area contributed by atoms with Crippen LogP contribution in [0.2, 0.25) is 0 Å². The standard InChI is InChI=1S/C22H17NO4/c1-25-19-11-10-14(13-20(19)26-2)12-18-22(24)27-21(23-18)17-9-5-7-15-6-3-4-8-16(15)17/h3-13H,1-2H3. The lowest BCUT2D eigenvalue weighted by atomic mass is 10.0. The number of carbonyl (C=O) groups is 1. The minimum absolute atomic E-state index is 0.241. The first-order chi connectivity index (χ1) is 13.2. The molecule has 3 aromatic carbocycles. The van der Waals surface area contributed by atoms with Crippen LogP contribution >= 0.6 is 0 Å². The normalized spacial score (nSPS) is 15.0. The van der Waals surface area contributed by atoms with Crippen molar-refractivity contribution in [2.24, 2.45) is 4.99 Å². The lowest BCUT2D eigenvalue weighted by molar-refractivity contribution is -0.129. The SMILES string of the molecule is COc1ccc(C=C2N=C(c3cccc4ccccc34)OC2=O)cc1OC. The average molecular weight is 359 g/mol. The van der Waals surface area contributed by atoms with Gasteiger partial charge < -0.3 is 14.2 Å². The minimum Gasteiger partial charge on any atom is -0.493 e. The van der Waals surface area contributed by atoms with Crippen molar-refractivity contribution in [3.63, 3.8) is 0 Å². The van der Waals surface area contributed by atoms with E-state index in [1.807, 2.05) is 48.5 Å². The number of hydrogen-bond acceptors (Lipinski definition) is 5. The molecule has 0 bridgehead atoms. The maximum atomic E-state index is 12.3. The molecule has 0 saturated carbocycles. The minimum atomic E-state index is -0.479. The van der Waals surface area contributed by atoms with E-state index in [0.717, 1.165) is 21.9 Å². The summed E-state index contributed by atoms with van der Waals surface area (Å²) in [5.74, 6) is 1.03. The molecular formula is C22H17NO4. The van der Waals surface area contributed by atoms with Crippen LogP contribution in [0.5, 0.6) is 11.5 Å². The smallest absolute Gasteiger partial charge is 0.363 e. The van der Waals surface area contributed by atoms with E-state index in [2.05, 4.69) is 4.99 Å². The molecule has 1 heterocycles. The number of aliphatic imine (C=N–C) groups is 1. The molecule has 4 rings (SSSR count). The molecule has 0 aliphatic carbocycles. The molecule has 0 aromatic heterocycles. The van der Waals surface area contributed by atoms with E-state index in [1.54, 1.807) is 32.4 Å². The van der Waals surface area contributed by atoms with Gasteiger partial charge in [0.2, 0.25) is 5.90 Å². The van der Waals surface area contributed by atoms with Gasteiger partial charge in [-0.05, 0) is 40.6 Å². The van der Waals surface area contributed by atoms with E-state index in [0.29, 0.717) is 17.4 Å². The Balaban J connectivity index is 1.74. The maximum Gasteiger partial charge on any atom is 0.363 e. The molecule has 1 aliphatic rings. The molecule has 0 spiro atoms. The second-order valence-electron chi connectivity index (χ2n) is 5.98. The first-order valence-corrected chi connectivity index (χ1v) is 8.42. The highest BCUT2D eigenvalue weighted by Crippen LogP contribution is 2.30. The summed E-state index contributed by atoms with van der Waals surface area (Å²) in [7, 11) is 3.14. The van der Waals surface area contributed by atoms with Crippen molar-refractivity contribution in [2.45, 2.75) is 0 Å². The van der Waals surface area contributed by atoms with E-state index in [4.69, 9.17) is 14.2 Å². The van der Waals surface area contributed by atoms with Crippen LogP contribution in [0.25, 0.3) is 16.8 Å². The third-order valence-corrected chi connectivity index (χ3v) is 4.35. The van der Waals surface area contributed by atoms with Crippen LogP contribution in [-0.4, -0.2) is 26.1 Å². The summed E-state index contributed by atoms with van der Waals surface area (Å²) in [4.78, 5) is 16.7. The topological polar surface area (TPSA) is 57.1 Å². The van der Waals surface area contributed by atoms with Gasteiger partial charge in [-0.15, -0.1) is 0 Å². The molecular weight excluding hydrogens is 342 g/mol. The molecule has 5 nitrogen and oxygen atoms in total. The lowest BCUT2D eigenvalue weighted by Crippen LogP contribution is -2.05. The predicted molar refractivity (Wildman–Crippen MR) is 104 cm³/mol. The van der Waals surface area contributed by atoms with Gasteiger partial charge in [-0.1, -0.05) is 42.5 Å². The van der Waals surface area contributed by atoms with Crippen molar-refractivity contribution in [1.82, 2.24) is 0 Å². The summed E-state index contributed by atoms with van der Waals surface area (Å²) < 4.78 is 16.0. The Labute approximate surface area is 156 Å². The highest BCUT2D eigenvalue weighted by atomic mass is 16.6. The summed E-state index contributed by atoms with van der Waals surface area (Å²) in [6.45, 7) is 0. The molecule has 5 heteroatoms. The zero-order chi connectivity index (χ0) is 18.8. The Hall–Kier alpha value is -3.60. The Kier molecular flexibility index (Phi) is 4.34. The monoisotopic (exact) mass is 359 g/mol. The van der Waals surface area contributed by atoms with Crippen molar-refractivity contribution >= 4 is 28.7 Å². The Morgan fingerprint density at radius 2 is 1.70 bits per heavy atom. The first kappa shape index (κ1) is 16.8. The molecule has 1 aliphatic heterocycles. The van der Waals surface area contributed by atoms with E-state index < -0.39 is 5.97 Å². The van der Waals surface area contributed by atoms with Crippen LogP contribution < -0.4 is 9.47 Å². The van der Waals surface area contributed by atoms with Gasteiger partial charge in [0.1, 0.15) is 0 Å². The van der Waals surface area contributed by atoms with Gasteiger partial charge in [-0.2, -0.15) is 0 Å². The van der Waals surface area contributed by atoms with E-state index >= 15 is 0 Å². The molecule has 0 amide bonds. The fourth-order valence-electron chi connectivity index (χ4n) is 3.04. The van der Waals surface area contributed by atoms with Crippen LogP contribution in [0.1, 0.15) is 11.1 Å². The Morgan fingerprint density at radius 1 is 0.926 bits per heavy atom. The van der Waals surface area contributed by atoms with Crippen molar-refractivity contribution < 1.29 is 19.0 Å². The predicted octanol–water partition coefficient (Wildman–Crippen LogP) is 4.20. The van der Waals surface area contributed by atoms with Crippen LogP contribution in [0.3, 0.4) is 0 Å². The molecule has 0 unspecified atom stereocenters. The van der Waals surface area contributed by atoms with Crippen molar-refractivity contribution in [3.05, 3.63) is 77.5 Å². The quantitative estimate of drug-likeness (QED) is 0.517. The Bertz CT molecular complexity index is 1090. The summed E-state index contributed by atoms with van der Waals surface area (Å²) in [5, 5.41) is 2.05. The summed E-state index contributed by atoms with van der Waals surface area (Å²) in [5.41, 5.74) is 1.80. The zero-order valence-corrected chi connectivity index (χ0v) is 14.9. The number of carbonyl (C=O) groups excluding carboxylic acids is 1. The summed E-state index contributed by atoms with van der Waals surface area (Å²) in [6.07, 6.45) is 1.67. The highest BCUT2D eigenvalue weighted by Gasteiger charge is 2.25. The van der Waals surface area contributed by atoms with Crippen LogP contribution in [0.4, 0.5) is 0 Å². The summed E-state index contributed by atoms with van der Waals surface area (Å²) >= 11 is 0. The second-order valence-corrected chi connectivity index (χ2v) is 5.98. The number of fused-ring (bicyclic) bond motifs is 1. The van der Waals surface area contributed by atoms with Gasteiger partial charge in [-0.25, -0.2) is 9.79 Å². The number of benzene rings is 3. The molecule has 0 saturated heterocycles. The number of hydrogen-bond donors (Lipinski definition) is 0. The molecule has 0 fully saturated rings. The maximum absolute atomic E-state index is 12.3. The van der Waals surface area contributed by atoms with Crippen LogP contribution in [-0.2, 0) is 9.53 Å². The zero-order valence-electron chi connectivity index (χ0n) is 14.9. The third-order valence-electron chi connectivity index (χ3n) is 4.35. The van der Waals surface area contributed by atoms with Gasteiger partial charge in [0, 0.05) is 5.56 Å². The number of methoxy groups -OCH3 is 2. The van der Waals surface area contributed by atoms with Gasteiger partial charge in [-0.3, -0.25) is 0 Å². The molecule has 0 atom stereocenters. The number of nitrogens with zero attached hydrogens (tertiary/aromatic N) is 1. The highest BCUT2D eigenvalue weighted by molar-refractivity contribution is 6.17. The van der Waals surface area contributed by atoms with Crippen molar-refractivity contribution in [2.75, 3.05) is 14.2 Å². The van der Waals surface area contributed by atoms with E-state index in [-0.39, 0.29) is 5.70 Å². The number of rotatable bonds is 4. The third kappa shape index (κ3) is 3.15. The fourth-order valence-corrected chi connectivity index (χ4v) is 3.04. The number of esters is 1. The second kappa shape index (κ2) is 6.96. The molecule has 0 radical (unpaired) electrons. The van der Waals surface area contributed by atoms with E-state index in [9.17, 15) is 4.79 Å². The van der Waals surface area contributed by atoms with Crippen LogP contribution in [0, 0.1) is 0 Å². The van der Waals surface area contributed by atoms with Gasteiger partial charge in [0.25, 0.3) is 0 Å². The number of ether oxygens (including phenoxy) is 3. The van der Waals surface area contributed by atoms with E-state index in [1.165, 1.54) is 0 Å². The van der Waals surface area contributed by atoms with Crippen molar-refractivity contribution in [3.8, 4) is 11.5 Å². The Morgan fingerprint density at radius 3 is 2.52 bits per heavy atom. The molecule has 27 heavy (non-hydrogen) atoms. The lowest BCUT2D eigenvalue weighted by Gasteiger charge is -2.07. The van der Waals surface area contributed by atoms with Crippen molar-refractivity contribution in [1.29, 1.82) is 0 Å².